The number of hydrogen-bond acceptors (Lipinski definition) is 6. The summed E-state index contributed by atoms with van der Waals surface area (Å²) < 4.78 is 17.3. The van der Waals surface area contributed by atoms with Crippen molar-refractivity contribution in [1.82, 2.24) is 4.90 Å². The van der Waals surface area contributed by atoms with Crippen LogP contribution in [-0.2, 0) is 14.0 Å². The van der Waals surface area contributed by atoms with Gasteiger partial charge in [-0.2, -0.15) is 0 Å². The van der Waals surface area contributed by atoms with Crippen LogP contribution >= 0.6 is 0 Å². The van der Waals surface area contributed by atoms with Crippen molar-refractivity contribution in [1.29, 1.82) is 0 Å². The summed E-state index contributed by atoms with van der Waals surface area (Å²) in [7, 11) is -0.677. The molecule has 2 aliphatic heterocycles. The number of hydrogen-bond donors (Lipinski definition) is 1. The van der Waals surface area contributed by atoms with Crippen molar-refractivity contribution >= 4 is 19.0 Å². The number of nitrogens with zero attached hydrogens (tertiary/aromatic N) is 2. The third kappa shape index (κ3) is 3.87. The van der Waals surface area contributed by atoms with Crippen LogP contribution in [0.15, 0.2) is 16.8 Å². The highest BCUT2D eigenvalue weighted by Crippen LogP contribution is 2.39. The molecule has 0 aliphatic carbocycles. The van der Waals surface area contributed by atoms with Crippen LogP contribution in [0, 0.1) is 0 Å². The maximum atomic E-state index is 12.2. The minimum absolute atomic E-state index is 0.178. The topological polar surface area (TPSA) is 86.4 Å². The van der Waals surface area contributed by atoms with E-state index in [-0.39, 0.29) is 6.54 Å². The van der Waals surface area contributed by atoms with Gasteiger partial charge in [0.05, 0.1) is 23.3 Å². The van der Waals surface area contributed by atoms with Gasteiger partial charge in [-0.25, -0.2) is 9.79 Å². The number of aliphatic imine (C=N–C) groups is 1. The first-order chi connectivity index (χ1) is 10.3. The van der Waals surface area contributed by atoms with E-state index in [0.29, 0.717) is 11.4 Å². The van der Waals surface area contributed by atoms with Crippen LogP contribution in [0.2, 0.25) is 0 Å². The van der Waals surface area contributed by atoms with E-state index in [2.05, 4.69) is 4.99 Å². The molecule has 2 rings (SSSR count). The van der Waals surface area contributed by atoms with Crippen molar-refractivity contribution in [3.8, 4) is 0 Å². The van der Waals surface area contributed by atoms with Crippen LogP contribution in [0.4, 0.5) is 4.79 Å². The van der Waals surface area contributed by atoms with Crippen molar-refractivity contribution in [2.24, 2.45) is 10.7 Å². The maximum absolute atomic E-state index is 12.2. The van der Waals surface area contributed by atoms with E-state index in [1.54, 1.807) is 6.20 Å². The van der Waals surface area contributed by atoms with Gasteiger partial charge in [0.1, 0.15) is 11.4 Å². The fourth-order valence-electron chi connectivity index (χ4n) is 2.13. The summed E-state index contributed by atoms with van der Waals surface area (Å²) in [6, 6.07) is 0. The van der Waals surface area contributed by atoms with Crippen molar-refractivity contribution in [2.75, 3.05) is 6.54 Å². The summed E-state index contributed by atoms with van der Waals surface area (Å²) in [5, 5.41) is 0. The number of amidine groups is 1. The predicted molar refractivity (Wildman–Crippen MR) is 88.7 cm³/mol. The molecule has 0 saturated carbocycles. The first kappa shape index (κ1) is 17.8. The summed E-state index contributed by atoms with van der Waals surface area (Å²) in [5.41, 5.74) is 4.76. The predicted octanol–water partition coefficient (Wildman–Crippen LogP) is 2.07. The van der Waals surface area contributed by atoms with E-state index in [1.807, 2.05) is 48.5 Å². The highest BCUT2D eigenvalue weighted by Gasteiger charge is 2.53. The zero-order chi connectivity index (χ0) is 17.6. The van der Waals surface area contributed by atoms with E-state index >= 15 is 0 Å². The molecule has 8 heteroatoms. The molecular formula is C15H26BN3O4. The first-order valence-corrected chi connectivity index (χ1v) is 7.71. The van der Waals surface area contributed by atoms with Crippen molar-refractivity contribution in [2.45, 2.75) is 65.3 Å². The van der Waals surface area contributed by atoms with Gasteiger partial charge in [0.2, 0.25) is 0 Å². The Morgan fingerprint density at radius 1 is 1.30 bits per heavy atom. The maximum Gasteiger partial charge on any atom is 0.516 e. The zero-order valence-electron chi connectivity index (χ0n) is 15.0. The first-order valence-electron chi connectivity index (χ1n) is 7.71. The van der Waals surface area contributed by atoms with Gasteiger partial charge in [0, 0.05) is 6.20 Å². The lowest BCUT2D eigenvalue weighted by atomic mass is 9.84. The van der Waals surface area contributed by atoms with Gasteiger partial charge in [0.15, 0.2) is 0 Å². The molecular weight excluding hydrogens is 297 g/mol. The standard InChI is InChI=1S/C15H26BN3O4/c1-13(2,3)21-12(20)19-8-10(18-11(17)9-19)16-22-14(4,5)15(6,7)23-16/h8H,9H2,1-7H3,(H2,17,18). The van der Waals surface area contributed by atoms with E-state index in [4.69, 9.17) is 19.8 Å². The van der Waals surface area contributed by atoms with E-state index in [9.17, 15) is 4.79 Å². The lowest BCUT2D eigenvalue weighted by Crippen LogP contribution is -2.42. The molecule has 0 bridgehead atoms. The normalized spacial score (nSPS) is 23.4. The summed E-state index contributed by atoms with van der Waals surface area (Å²) >= 11 is 0. The highest BCUT2D eigenvalue weighted by molar-refractivity contribution is 6.54. The van der Waals surface area contributed by atoms with Crippen LogP contribution in [0.5, 0.6) is 0 Å². The quantitative estimate of drug-likeness (QED) is 0.747. The number of rotatable bonds is 1. The minimum atomic E-state index is -0.677. The second kappa shape index (κ2) is 5.52. The second-order valence-electron chi connectivity index (χ2n) is 7.85. The van der Waals surface area contributed by atoms with Gasteiger partial charge in [0.25, 0.3) is 0 Å². The Morgan fingerprint density at radius 2 is 1.83 bits per heavy atom. The molecule has 0 aromatic rings. The summed E-state index contributed by atoms with van der Waals surface area (Å²) in [6.07, 6.45) is 1.09. The van der Waals surface area contributed by atoms with Crippen LogP contribution in [0.3, 0.4) is 0 Å². The molecule has 1 amide bonds. The summed E-state index contributed by atoms with van der Waals surface area (Å²) in [6.45, 7) is 13.4. The van der Waals surface area contributed by atoms with Crippen molar-refractivity contribution < 1.29 is 18.8 Å². The van der Waals surface area contributed by atoms with Gasteiger partial charge in [-0.15, -0.1) is 0 Å². The summed E-state index contributed by atoms with van der Waals surface area (Å²) in [5.74, 6) is 0.308. The molecule has 2 aliphatic rings. The molecule has 7 nitrogen and oxygen atoms in total. The van der Waals surface area contributed by atoms with Crippen LogP contribution in [0.1, 0.15) is 48.5 Å². The Bertz CT molecular complexity index is 548. The Hall–Kier alpha value is -1.54. The van der Waals surface area contributed by atoms with Crippen molar-refractivity contribution in [3.05, 3.63) is 11.8 Å². The monoisotopic (exact) mass is 323 g/mol. The number of carbonyl (C=O) groups is 1. The molecule has 1 fully saturated rings. The Morgan fingerprint density at radius 3 is 2.30 bits per heavy atom. The molecule has 0 aromatic carbocycles. The molecule has 23 heavy (non-hydrogen) atoms. The van der Waals surface area contributed by atoms with Gasteiger partial charge in [-0.3, -0.25) is 4.90 Å². The summed E-state index contributed by atoms with van der Waals surface area (Å²) in [4.78, 5) is 17.9. The van der Waals surface area contributed by atoms with E-state index < -0.39 is 30.0 Å². The lowest BCUT2D eigenvalue weighted by molar-refractivity contribution is 0.00578. The average Bonchev–Trinajstić information content (AvgIpc) is 2.55. The van der Waals surface area contributed by atoms with Gasteiger partial charge in [-0.1, -0.05) is 0 Å². The van der Waals surface area contributed by atoms with Crippen molar-refractivity contribution in [3.63, 3.8) is 0 Å². The Labute approximate surface area is 138 Å². The fourth-order valence-corrected chi connectivity index (χ4v) is 2.13. The highest BCUT2D eigenvalue weighted by atomic mass is 16.7. The molecule has 2 heterocycles. The smallest absolute Gasteiger partial charge is 0.443 e. The SMILES string of the molecule is CC(C)(C)OC(=O)N1C=C(B2OC(C)(C)C(C)(C)O2)N=C(N)C1. The zero-order valence-corrected chi connectivity index (χ0v) is 15.0. The minimum Gasteiger partial charge on any atom is -0.443 e. The molecule has 128 valence electrons. The molecule has 0 unspecified atom stereocenters. The number of ether oxygens (including phenoxy) is 1. The molecule has 1 saturated heterocycles. The fraction of sp³-hybridized carbons (Fsp3) is 0.733. The lowest BCUT2D eigenvalue weighted by Gasteiger charge is -2.32. The Balaban J connectivity index is 2.20. The van der Waals surface area contributed by atoms with Crippen LogP contribution in [0.25, 0.3) is 0 Å². The van der Waals surface area contributed by atoms with Gasteiger partial charge in [-0.05, 0) is 48.5 Å². The van der Waals surface area contributed by atoms with Gasteiger partial charge >= 0.3 is 13.2 Å². The van der Waals surface area contributed by atoms with E-state index in [1.165, 1.54) is 4.90 Å². The average molecular weight is 323 g/mol. The third-order valence-electron chi connectivity index (χ3n) is 4.02. The molecule has 0 atom stereocenters. The molecule has 0 aromatic heterocycles. The largest absolute Gasteiger partial charge is 0.516 e. The van der Waals surface area contributed by atoms with E-state index in [0.717, 1.165) is 0 Å². The van der Waals surface area contributed by atoms with Crippen LogP contribution in [-0.4, -0.2) is 47.3 Å². The molecule has 0 spiro atoms. The second-order valence-corrected chi connectivity index (χ2v) is 7.85. The number of nitrogens with two attached hydrogens (primary N) is 1. The molecule has 2 N–H and O–H groups in total. The number of carbonyl (C=O) groups excluding carboxylic acids is 1. The number of amides is 1. The molecule has 0 radical (unpaired) electrons. The van der Waals surface area contributed by atoms with Crippen LogP contribution < -0.4 is 5.73 Å². The third-order valence-corrected chi connectivity index (χ3v) is 4.02. The Kier molecular flexibility index (Phi) is 4.28. The van der Waals surface area contributed by atoms with Gasteiger partial charge < -0.3 is 19.8 Å².